The molecule has 0 fully saturated rings. The zero-order valence-corrected chi connectivity index (χ0v) is 7.51. The second kappa shape index (κ2) is 3.56. The summed E-state index contributed by atoms with van der Waals surface area (Å²) >= 11 is 3.32. The molecule has 0 saturated heterocycles. The van der Waals surface area contributed by atoms with Crippen LogP contribution in [0.2, 0.25) is 0 Å². The molecule has 2 heteroatoms. The molecule has 0 aliphatic carbocycles. The van der Waals surface area contributed by atoms with Crippen LogP contribution < -0.4 is 5.73 Å². The molecule has 0 aliphatic rings. The van der Waals surface area contributed by atoms with Crippen molar-refractivity contribution >= 4 is 15.9 Å². The first kappa shape index (κ1) is 8.32. The minimum Gasteiger partial charge on any atom is -0.314 e. The molecule has 0 bridgehead atoms. The van der Waals surface area contributed by atoms with Crippen molar-refractivity contribution < 1.29 is 0 Å². The molecule has 2 N–H and O–H groups in total. The molecular weight excluding hydrogens is 202 g/mol. The van der Waals surface area contributed by atoms with Crippen LogP contribution in [-0.2, 0) is 0 Å². The number of halogens is 1. The van der Waals surface area contributed by atoms with E-state index in [9.17, 15) is 0 Å². The SMILES string of the molecule is C#C[C@H](N)c1ccc(Br)cc1. The van der Waals surface area contributed by atoms with Gasteiger partial charge in [-0.3, -0.25) is 0 Å². The molecule has 1 atom stereocenters. The summed E-state index contributed by atoms with van der Waals surface area (Å²) in [7, 11) is 0. The molecule has 0 heterocycles. The minimum absolute atomic E-state index is 0.289. The summed E-state index contributed by atoms with van der Waals surface area (Å²) in [5.41, 5.74) is 6.56. The number of hydrogen-bond donors (Lipinski definition) is 1. The molecule has 0 saturated carbocycles. The Morgan fingerprint density at radius 3 is 2.36 bits per heavy atom. The second-order valence-electron chi connectivity index (χ2n) is 2.20. The van der Waals surface area contributed by atoms with E-state index >= 15 is 0 Å². The Morgan fingerprint density at radius 1 is 1.36 bits per heavy atom. The molecule has 56 valence electrons. The number of benzene rings is 1. The topological polar surface area (TPSA) is 26.0 Å². The highest BCUT2D eigenvalue weighted by atomic mass is 79.9. The van der Waals surface area contributed by atoms with Crippen LogP contribution in [0, 0.1) is 12.3 Å². The van der Waals surface area contributed by atoms with Crippen LogP contribution >= 0.6 is 15.9 Å². The fourth-order valence-electron chi connectivity index (χ4n) is 0.766. The van der Waals surface area contributed by atoms with Gasteiger partial charge >= 0.3 is 0 Å². The van der Waals surface area contributed by atoms with E-state index in [1.54, 1.807) is 0 Å². The van der Waals surface area contributed by atoms with Crippen LogP contribution in [0.5, 0.6) is 0 Å². The van der Waals surface area contributed by atoms with Crippen LogP contribution in [0.15, 0.2) is 28.7 Å². The van der Waals surface area contributed by atoms with Crippen molar-refractivity contribution in [2.75, 3.05) is 0 Å². The zero-order chi connectivity index (χ0) is 8.27. The monoisotopic (exact) mass is 209 g/mol. The van der Waals surface area contributed by atoms with Gasteiger partial charge in [0.2, 0.25) is 0 Å². The van der Waals surface area contributed by atoms with Gasteiger partial charge in [0.25, 0.3) is 0 Å². The maximum Gasteiger partial charge on any atom is 0.0918 e. The molecule has 0 radical (unpaired) electrons. The Labute approximate surface area is 74.7 Å². The van der Waals surface area contributed by atoms with Gasteiger partial charge in [0.05, 0.1) is 6.04 Å². The normalized spacial score (nSPS) is 12.1. The highest BCUT2D eigenvalue weighted by Gasteiger charge is 1.99. The van der Waals surface area contributed by atoms with Gasteiger partial charge in [-0.25, -0.2) is 0 Å². The maximum atomic E-state index is 5.59. The third-order valence-corrected chi connectivity index (χ3v) is 1.94. The van der Waals surface area contributed by atoms with Gasteiger partial charge in [-0.1, -0.05) is 34.0 Å². The van der Waals surface area contributed by atoms with Crippen LogP contribution in [-0.4, -0.2) is 0 Å². The number of hydrogen-bond acceptors (Lipinski definition) is 1. The quantitative estimate of drug-likeness (QED) is 0.705. The Hall–Kier alpha value is -0.780. The Morgan fingerprint density at radius 2 is 1.91 bits per heavy atom. The summed E-state index contributed by atoms with van der Waals surface area (Å²) in [4.78, 5) is 0. The van der Waals surface area contributed by atoms with Crippen LogP contribution in [0.3, 0.4) is 0 Å². The van der Waals surface area contributed by atoms with Crippen molar-refractivity contribution in [3.05, 3.63) is 34.3 Å². The average molecular weight is 210 g/mol. The van der Waals surface area contributed by atoms with Crippen molar-refractivity contribution in [1.29, 1.82) is 0 Å². The zero-order valence-electron chi connectivity index (χ0n) is 5.92. The van der Waals surface area contributed by atoms with E-state index in [4.69, 9.17) is 12.2 Å². The highest BCUT2D eigenvalue weighted by molar-refractivity contribution is 9.10. The predicted octanol–water partition coefficient (Wildman–Crippen LogP) is 2.08. The van der Waals surface area contributed by atoms with Gasteiger partial charge in [0.15, 0.2) is 0 Å². The number of rotatable bonds is 1. The van der Waals surface area contributed by atoms with Gasteiger partial charge in [0.1, 0.15) is 0 Å². The first-order chi connectivity index (χ1) is 5.24. The van der Waals surface area contributed by atoms with Gasteiger partial charge in [-0.05, 0) is 17.7 Å². The molecule has 0 aromatic heterocycles. The van der Waals surface area contributed by atoms with Gasteiger partial charge in [-0.15, -0.1) is 6.42 Å². The first-order valence-corrected chi connectivity index (χ1v) is 4.00. The minimum atomic E-state index is -0.289. The average Bonchev–Trinajstić information content (AvgIpc) is 2.05. The third-order valence-electron chi connectivity index (χ3n) is 1.41. The third kappa shape index (κ3) is 2.07. The van der Waals surface area contributed by atoms with Crippen LogP contribution in [0.25, 0.3) is 0 Å². The standard InChI is InChI=1S/C9H8BrN/c1-2-9(11)7-3-5-8(10)6-4-7/h1,3-6,9H,11H2/t9-/m0/s1. The lowest BCUT2D eigenvalue weighted by atomic mass is 10.1. The molecule has 0 aliphatic heterocycles. The second-order valence-corrected chi connectivity index (χ2v) is 3.11. The van der Waals surface area contributed by atoms with Crippen molar-refractivity contribution in [2.24, 2.45) is 5.73 Å². The summed E-state index contributed by atoms with van der Waals surface area (Å²) in [6.45, 7) is 0. The molecule has 1 aromatic carbocycles. The largest absolute Gasteiger partial charge is 0.314 e. The predicted molar refractivity (Wildman–Crippen MR) is 49.9 cm³/mol. The fraction of sp³-hybridized carbons (Fsp3) is 0.111. The van der Waals surface area contributed by atoms with Gasteiger partial charge < -0.3 is 5.73 Å². The highest BCUT2D eigenvalue weighted by Crippen LogP contribution is 2.14. The van der Waals surface area contributed by atoms with Crippen molar-refractivity contribution in [1.82, 2.24) is 0 Å². The lowest BCUT2D eigenvalue weighted by Gasteiger charge is -2.02. The summed E-state index contributed by atoms with van der Waals surface area (Å²) < 4.78 is 1.03. The van der Waals surface area contributed by atoms with E-state index in [-0.39, 0.29) is 6.04 Å². The molecule has 0 unspecified atom stereocenters. The van der Waals surface area contributed by atoms with Crippen molar-refractivity contribution in [2.45, 2.75) is 6.04 Å². The lowest BCUT2D eigenvalue weighted by Crippen LogP contribution is -2.06. The van der Waals surface area contributed by atoms with Crippen LogP contribution in [0.1, 0.15) is 11.6 Å². The smallest absolute Gasteiger partial charge is 0.0918 e. The van der Waals surface area contributed by atoms with E-state index in [0.29, 0.717) is 0 Å². The van der Waals surface area contributed by atoms with E-state index < -0.39 is 0 Å². The van der Waals surface area contributed by atoms with E-state index in [1.165, 1.54) is 0 Å². The Bertz CT molecular complexity index is 271. The summed E-state index contributed by atoms with van der Waals surface area (Å²) in [5, 5.41) is 0. The molecule has 1 nitrogen and oxygen atoms in total. The molecule has 1 rings (SSSR count). The van der Waals surface area contributed by atoms with E-state index in [0.717, 1.165) is 10.0 Å². The molecule has 0 amide bonds. The summed E-state index contributed by atoms with van der Waals surface area (Å²) in [6.07, 6.45) is 5.16. The fourth-order valence-corrected chi connectivity index (χ4v) is 1.03. The van der Waals surface area contributed by atoms with Crippen LogP contribution in [0.4, 0.5) is 0 Å². The van der Waals surface area contributed by atoms with Crippen molar-refractivity contribution in [3.63, 3.8) is 0 Å². The first-order valence-electron chi connectivity index (χ1n) is 3.21. The van der Waals surface area contributed by atoms with E-state index in [2.05, 4.69) is 21.9 Å². The molecule has 11 heavy (non-hydrogen) atoms. The summed E-state index contributed by atoms with van der Waals surface area (Å²) in [6, 6.07) is 7.38. The molecule has 1 aromatic rings. The molecule has 0 spiro atoms. The van der Waals surface area contributed by atoms with Gasteiger partial charge in [0, 0.05) is 4.47 Å². The van der Waals surface area contributed by atoms with E-state index in [1.807, 2.05) is 24.3 Å². The lowest BCUT2D eigenvalue weighted by molar-refractivity contribution is 0.946. The molecular formula is C9H8BrN. The maximum absolute atomic E-state index is 5.59. The number of terminal acetylenes is 1. The number of nitrogens with two attached hydrogens (primary N) is 1. The summed E-state index contributed by atoms with van der Waals surface area (Å²) in [5.74, 6) is 2.46. The Balaban J connectivity index is 2.92. The van der Waals surface area contributed by atoms with Gasteiger partial charge in [-0.2, -0.15) is 0 Å². The Kier molecular flexibility index (Phi) is 2.70. The van der Waals surface area contributed by atoms with Crippen molar-refractivity contribution in [3.8, 4) is 12.3 Å².